The maximum absolute atomic E-state index is 12.7. The van der Waals surface area contributed by atoms with Crippen molar-refractivity contribution in [3.05, 3.63) is 44.8 Å². The van der Waals surface area contributed by atoms with E-state index >= 15 is 0 Å². The van der Waals surface area contributed by atoms with Crippen molar-refractivity contribution in [2.75, 3.05) is 18.5 Å². The van der Waals surface area contributed by atoms with Gasteiger partial charge < -0.3 is 19.5 Å². The summed E-state index contributed by atoms with van der Waals surface area (Å²) in [5.41, 5.74) is 1.35. The Morgan fingerprint density at radius 1 is 1.10 bits per heavy atom. The van der Waals surface area contributed by atoms with Gasteiger partial charge in [0.25, 0.3) is 5.91 Å². The summed E-state index contributed by atoms with van der Waals surface area (Å²) < 4.78 is 15.8. The highest BCUT2D eigenvalue weighted by Crippen LogP contribution is 2.34. The molecule has 0 unspecified atom stereocenters. The van der Waals surface area contributed by atoms with E-state index in [2.05, 4.69) is 5.32 Å². The van der Waals surface area contributed by atoms with Crippen molar-refractivity contribution in [2.24, 2.45) is 0 Å². The van der Waals surface area contributed by atoms with Crippen molar-refractivity contribution in [3.63, 3.8) is 0 Å². The maximum Gasteiger partial charge on any atom is 0.348 e. The second-order valence-electron chi connectivity index (χ2n) is 6.36. The standard InChI is InChI=1S/C21H24ClNO6S/c1-6-27-20(25)16-12(4)17(21(26)28-7-2)30-19(16)23-18(24)13(5)29-14-8-9-15(22)11(3)10-14/h8-10,13H,6-7H2,1-5H3,(H,23,24)/t13-/m0/s1. The third-order valence-corrected chi connectivity index (χ3v) is 5.75. The normalized spacial score (nSPS) is 11.5. The molecule has 2 aromatic rings. The topological polar surface area (TPSA) is 90.9 Å². The molecule has 162 valence electrons. The average Bonchev–Trinajstić information content (AvgIpc) is 3.01. The number of hydrogen-bond donors (Lipinski definition) is 1. The van der Waals surface area contributed by atoms with Gasteiger partial charge in [0.2, 0.25) is 0 Å². The lowest BCUT2D eigenvalue weighted by Gasteiger charge is -2.15. The molecule has 1 heterocycles. The first-order chi connectivity index (χ1) is 14.2. The van der Waals surface area contributed by atoms with E-state index in [9.17, 15) is 14.4 Å². The van der Waals surface area contributed by atoms with Crippen LogP contribution < -0.4 is 10.1 Å². The molecule has 1 N–H and O–H groups in total. The molecule has 0 fully saturated rings. The summed E-state index contributed by atoms with van der Waals surface area (Å²) in [7, 11) is 0. The molecule has 1 atom stereocenters. The van der Waals surface area contributed by atoms with Gasteiger partial charge in [0.1, 0.15) is 15.6 Å². The first kappa shape index (κ1) is 23.7. The predicted molar refractivity (Wildman–Crippen MR) is 116 cm³/mol. The van der Waals surface area contributed by atoms with Gasteiger partial charge in [-0.1, -0.05) is 11.6 Å². The minimum absolute atomic E-state index is 0.132. The number of carbonyl (C=O) groups is 3. The number of rotatable bonds is 8. The van der Waals surface area contributed by atoms with Gasteiger partial charge in [-0.2, -0.15) is 0 Å². The summed E-state index contributed by atoms with van der Waals surface area (Å²) >= 11 is 6.97. The Morgan fingerprint density at radius 2 is 1.73 bits per heavy atom. The van der Waals surface area contributed by atoms with Crippen LogP contribution in [0.4, 0.5) is 5.00 Å². The Hall–Kier alpha value is -2.58. The molecule has 0 saturated heterocycles. The molecule has 0 bridgehead atoms. The molecular weight excluding hydrogens is 430 g/mol. The Kier molecular flexibility index (Phi) is 8.25. The van der Waals surface area contributed by atoms with E-state index < -0.39 is 23.9 Å². The SMILES string of the molecule is CCOC(=O)c1sc(NC(=O)[C@H](C)Oc2ccc(Cl)c(C)c2)c(C(=O)OCC)c1C. The Morgan fingerprint density at radius 3 is 2.33 bits per heavy atom. The van der Waals surface area contributed by atoms with Crippen LogP contribution in [0, 0.1) is 13.8 Å². The summed E-state index contributed by atoms with van der Waals surface area (Å²) in [5, 5.41) is 3.48. The first-order valence-electron chi connectivity index (χ1n) is 9.40. The summed E-state index contributed by atoms with van der Waals surface area (Å²) in [6, 6.07) is 5.07. The van der Waals surface area contributed by atoms with Crippen LogP contribution in [0.3, 0.4) is 0 Å². The van der Waals surface area contributed by atoms with Gasteiger partial charge in [0, 0.05) is 5.02 Å². The zero-order valence-electron chi connectivity index (χ0n) is 17.5. The zero-order valence-corrected chi connectivity index (χ0v) is 19.0. The van der Waals surface area contributed by atoms with Crippen molar-refractivity contribution in [1.82, 2.24) is 0 Å². The van der Waals surface area contributed by atoms with Crippen molar-refractivity contribution in [2.45, 2.75) is 40.7 Å². The lowest BCUT2D eigenvalue weighted by Crippen LogP contribution is -2.30. The van der Waals surface area contributed by atoms with Gasteiger partial charge >= 0.3 is 11.9 Å². The minimum Gasteiger partial charge on any atom is -0.481 e. The van der Waals surface area contributed by atoms with Crippen LogP contribution in [0.2, 0.25) is 5.02 Å². The largest absolute Gasteiger partial charge is 0.481 e. The highest BCUT2D eigenvalue weighted by molar-refractivity contribution is 7.18. The van der Waals surface area contributed by atoms with Crippen molar-refractivity contribution in [1.29, 1.82) is 0 Å². The van der Waals surface area contributed by atoms with Crippen LogP contribution >= 0.6 is 22.9 Å². The number of halogens is 1. The molecule has 0 spiro atoms. The highest BCUT2D eigenvalue weighted by Gasteiger charge is 2.28. The van der Waals surface area contributed by atoms with Crippen LogP contribution in [0.5, 0.6) is 5.75 Å². The fourth-order valence-electron chi connectivity index (χ4n) is 2.60. The predicted octanol–water partition coefficient (Wildman–Crippen LogP) is 4.78. The maximum atomic E-state index is 12.7. The number of anilines is 1. The van der Waals surface area contributed by atoms with E-state index in [0.717, 1.165) is 16.9 Å². The molecule has 0 radical (unpaired) electrons. The molecule has 9 heteroatoms. The van der Waals surface area contributed by atoms with E-state index in [0.29, 0.717) is 16.3 Å². The number of amides is 1. The van der Waals surface area contributed by atoms with Gasteiger partial charge in [-0.3, -0.25) is 4.79 Å². The lowest BCUT2D eigenvalue weighted by molar-refractivity contribution is -0.122. The van der Waals surface area contributed by atoms with E-state index in [4.69, 9.17) is 25.8 Å². The molecule has 7 nitrogen and oxygen atoms in total. The number of nitrogens with one attached hydrogen (secondary N) is 1. The molecular formula is C21H24ClNO6S. The van der Waals surface area contributed by atoms with Crippen molar-refractivity contribution in [3.8, 4) is 5.75 Å². The van der Waals surface area contributed by atoms with Gasteiger partial charge in [-0.15, -0.1) is 11.3 Å². The Balaban J connectivity index is 2.26. The molecule has 0 aliphatic heterocycles. The first-order valence-corrected chi connectivity index (χ1v) is 10.6. The van der Waals surface area contributed by atoms with Gasteiger partial charge in [0.15, 0.2) is 6.10 Å². The van der Waals surface area contributed by atoms with Crippen LogP contribution in [-0.2, 0) is 14.3 Å². The number of aryl methyl sites for hydroxylation is 1. The van der Waals surface area contributed by atoms with Crippen LogP contribution in [-0.4, -0.2) is 37.2 Å². The molecule has 2 rings (SSSR count). The number of hydrogen-bond acceptors (Lipinski definition) is 7. The molecule has 1 aromatic carbocycles. The second kappa shape index (κ2) is 10.4. The summed E-state index contributed by atoms with van der Waals surface area (Å²) in [5.74, 6) is -1.18. The third-order valence-electron chi connectivity index (χ3n) is 4.14. The summed E-state index contributed by atoms with van der Waals surface area (Å²) in [4.78, 5) is 37.6. The number of thiophene rings is 1. The van der Waals surface area contributed by atoms with E-state index in [1.807, 2.05) is 6.92 Å². The summed E-state index contributed by atoms with van der Waals surface area (Å²) in [6.07, 6.45) is -0.867. The van der Waals surface area contributed by atoms with Crippen LogP contribution in [0.15, 0.2) is 18.2 Å². The summed E-state index contributed by atoms with van der Waals surface area (Å²) in [6.45, 7) is 8.74. The second-order valence-corrected chi connectivity index (χ2v) is 7.79. The zero-order chi connectivity index (χ0) is 22.4. The highest BCUT2D eigenvalue weighted by atomic mass is 35.5. The molecule has 1 amide bonds. The van der Waals surface area contributed by atoms with Crippen molar-refractivity contribution < 1.29 is 28.6 Å². The Labute approximate surface area is 184 Å². The number of ether oxygens (including phenoxy) is 3. The molecule has 0 aliphatic carbocycles. The van der Waals surface area contributed by atoms with E-state index in [1.165, 1.54) is 0 Å². The fraction of sp³-hybridized carbons (Fsp3) is 0.381. The quantitative estimate of drug-likeness (QED) is 0.578. The number of esters is 2. The third kappa shape index (κ3) is 5.52. The van der Waals surface area contributed by atoms with Crippen LogP contribution in [0.25, 0.3) is 0 Å². The van der Waals surface area contributed by atoms with Gasteiger partial charge in [-0.25, -0.2) is 9.59 Å². The van der Waals surface area contributed by atoms with E-state index in [1.54, 1.807) is 45.9 Å². The molecule has 1 aromatic heterocycles. The minimum atomic E-state index is -0.867. The molecule has 30 heavy (non-hydrogen) atoms. The molecule has 0 aliphatic rings. The molecule has 0 saturated carbocycles. The Bertz CT molecular complexity index is 955. The number of carbonyl (C=O) groups excluding carboxylic acids is 3. The number of benzene rings is 1. The average molecular weight is 454 g/mol. The fourth-order valence-corrected chi connectivity index (χ4v) is 3.81. The van der Waals surface area contributed by atoms with Crippen molar-refractivity contribution >= 4 is 45.8 Å². The lowest BCUT2D eigenvalue weighted by atomic mass is 10.1. The smallest absolute Gasteiger partial charge is 0.348 e. The van der Waals surface area contributed by atoms with Gasteiger partial charge in [0.05, 0.1) is 18.8 Å². The van der Waals surface area contributed by atoms with E-state index in [-0.39, 0.29) is 28.7 Å². The van der Waals surface area contributed by atoms with Gasteiger partial charge in [-0.05, 0) is 63.9 Å². The van der Waals surface area contributed by atoms with Crippen LogP contribution in [0.1, 0.15) is 51.9 Å². The monoisotopic (exact) mass is 453 g/mol.